The van der Waals surface area contributed by atoms with E-state index in [-0.39, 0.29) is 16.6 Å². The first-order valence-electron chi connectivity index (χ1n) is 6.75. The number of halogens is 2. The molecule has 0 bridgehead atoms. The normalized spacial score (nSPS) is 13.7. The van der Waals surface area contributed by atoms with E-state index < -0.39 is 15.6 Å². The van der Waals surface area contributed by atoms with Crippen LogP contribution < -0.4 is 10.6 Å². The van der Waals surface area contributed by atoms with Gasteiger partial charge in [-0.1, -0.05) is 26.0 Å². The standard InChI is InChI=1S/C14H22F2N2O2S/c1-10(2)11(17)8-9-18(3)12-6-4-5-7-13(12)21(19,20)14(15)16/h4-7,10-11,14H,8-9,17H2,1-3H3. The Bertz CT molecular complexity index is 562. The van der Waals surface area contributed by atoms with Crippen molar-refractivity contribution in [2.24, 2.45) is 11.7 Å². The quantitative estimate of drug-likeness (QED) is 0.838. The van der Waals surface area contributed by atoms with Crippen molar-refractivity contribution in [3.63, 3.8) is 0 Å². The van der Waals surface area contributed by atoms with Crippen molar-refractivity contribution in [3.05, 3.63) is 24.3 Å². The van der Waals surface area contributed by atoms with Crippen molar-refractivity contribution in [2.75, 3.05) is 18.5 Å². The third-order valence-electron chi connectivity index (χ3n) is 3.47. The molecule has 1 aromatic rings. The fraction of sp³-hybridized carbons (Fsp3) is 0.571. The molecule has 1 aromatic carbocycles. The first-order valence-corrected chi connectivity index (χ1v) is 8.30. The van der Waals surface area contributed by atoms with Gasteiger partial charge in [-0.3, -0.25) is 0 Å². The molecule has 1 rings (SSSR count). The second-order valence-corrected chi connectivity index (χ2v) is 7.28. The lowest BCUT2D eigenvalue weighted by Gasteiger charge is -2.25. The van der Waals surface area contributed by atoms with Gasteiger partial charge in [0, 0.05) is 19.6 Å². The number of benzene rings is 1. The van der Waals surface area contributed by atoms with Crippen LogP contribution in [-0.4, -0.2) is 33.8 Å². The van der Waals surface area contributed by atoms with Gasteiger partial charge in [0.15, 0.2) is 0 Å². The summed E-state index contributed by atoms with van der Waals surface area (Å²) < 4.78 is 48.9. The summed E-state index contributed by atoms with van der Waals surface area (Å²) >= 11 is 0. The molecule has 0 aliphatic rings. The molecule has 1 unspecified atom stereocenters. The third-order valence-corrected chi connectivity index (χ3v) is 4.90. The number of nitrogens with two attached hydrogens (primary N) is 1. The Balaban J connectivity index is 2.99. The smallest absolute Gasteiger partial charge is 0.341 e. The van der Waals surface area contributed by atoms with Crippen LogP contribution in [0.1, 0.15) is 20.3 Å². The summed E-state index contributed by atoms with van der Waals surface area (Å²) in [6, 6.07) is 5.77. The molecule has 0 aliphatic carbocycles. The van der Waals surface area contributed by atoms with Crippen LogP contribution in [-0.2, 0) is 9.84 Å². The number of rotatable bonds is 7. The maximum absolute atomic E-state index is 12.7. The van der Waals surface area contributed by atoms with Crippen LogP contribution in [0.25, 0.3) is 0 Å². The molecule has 0 saturated carbocycles. The van der Waals surface area contributed by atoms with Gasteiger partial charge in [-0.05, 0) is 24.5 Å². The summed E-state index contributed by atoms with van der Waals surface area (Å²) in [5.41, 5.74) is 6.22. The largest absolute Gasteiger partial charge is 0.373 e. The zero-order valence-corrected chi connectivity index (χ0v) is 13.3. The molecule has 0 amide bonds. The highest BCUT2D eigenvalue weighted by atomic mass is 32.2. The highest BCUT2D eigenvalue weighted by Gasteiger charge is 2.29. The number of para-hydroxylation sites is 1. The highest BCUT2D eigenvalue weighted by Crippen LogP contribution is 2.28. The Labute approximate surface area is 124 Å². The average molecular weight is 320 g/mol. The summed E-state index contributed by atoms with van der Waals surface area (Å²) in [5, 5.41) is 0. The minimum atomic E-state index is -4.61. The molecule has 0 radical (unpaired) electrons. The third kappa shape index (κ3) is 4.38. The van der Waals surface area contributed by atoms with Gasteiger partial charge < -0.3 is 10.6 Å². The van der Waals surface area contributed by atoms with E-state index in [1.807, 2.05) is 13.8 Å². The lowest BCUT2D eigenvalue weighted by Crippen LogP contribution is -2.32. The van der Waals surface area contributed by atoms with Crippen molar-refractivity contribution < 1.29 is 17.2 Å². The fourth-order valence-corrected chi connectivity index (χ4v) is 2.88. The topological polar surface area (TPSA) is 63.4 Å². The van der Waals surface area contributed by atoms with E-state index in [4.69, 9.17) is 5.73 Å². The van der Waals surface area contributed by atoms with Gasteiger partial charge >= 0.3 is 5.76 Å². The number of nitrogens with zero attached hydrogens (tertiary/aromatic N) is 1. The summed E-state index contributed by atoms with van der Waals surface area (Å²) in [5.74, 6) is -3.12. The first-order chi connectivity index (χ1) is 9.67. The van der Waals surface area contributed by atoms with E-state index in [1.54, 1.807) is 18.0 Å². The van der Waals surface area contributed by atoms with Crippen LogP contribution in [0.3, 0.4) is 0 Å². The highest BCUT2D eigenvalue weighted by molar-refractivity contribution is 7.91. The lowest BCUT2D eigenvalue weighted by atomic mass is 10.0. The number of alkyl halides is 2. The molecule has 7 heteroatoms. The van der Waals surface area contributed by atoms with Crippen LogP contribution >= 0.6 is 0 Å². The summed E-state index contributed by atoms with van der Waals surface area (Å²) in [4.78, 5) is 1.30. The molecule has 2 N–H and O–H groups in total. The Morgan fingerprint density at radius 2 is 1.81 bits per heavy atom. The van der Waals surface area contributed by atoms with Gasteiger partial charge in [0.2, 0.25) is 9.84 Å². The number of anilines is 1. The molecule has 0 fully saturated rings. The van der Waals surface area contributed by atoms with E-state index in [1.165, 1.54) is 18.2 Å². The van der Waals surface area contributed by atoms with Gasteiger partial charge in [-0.25, -0.2) is 8.42 Å². The molecule has 0 aromatic heterocycles. The van der Waals surface area contributed by atoms with Crippen molar-refractivity contribution in [1.29, 1.82) is 0 Å². The van der Waals surface area contributed by atoms with E-state index in [0.29, 0.717) is 18.9 Å². The predicted octanol–water partition coefficient (Wildman–Crippen LogP) is 2.49. The number of hydrogen-bond donors (Lipinski definition) is 1. The van der Waals surface area contributed by atoms with Crippen molar-refractivity contribution in [2.45, 2.75) is 37.0 Å². The van der Waals surface area contributed by atoms with Crippen molar-refractivity contribution in [1.82, 2.24) is 0 Å². The SMILES string of the molecule is CC(C)C(N)CCN(C)c1ccccc1S(=O)(=O)C(F)F. The first kappa shape index (κ1) is 17.8. The minimum Gasteiger partial charge on any atom is -0.373 e. The molecular formula is C14H22F2N2O2S. The molecule has 0 heterocycles. The van der Waals surface area contributed by atoms with Crippen LogP contribution in [0.4, 0.5) is 14.5 Å². The maximum Gasteiger partial charge on any atom is 0.341 e. The van der Waals surface area contributed by atoms with Gasteiger partial charge in [0.25, 0.3) is 0 Å². The molecule has 0 saturated heterocycles. The van der Waals surface area contributed by atoms with Gasteiger partial charge in [0.05, 0.1) is 10.6 Å². The molecule has 0 spiro atoms. The molecule has 1 atom stereocenters. The molecule has 21 heavy (non-hydrogen) atoms. The average Bonchev–Trinajstić information content (AvgIpc) is 2.43. The molecule has 0 aliphatic heterocycles. The second-order valence-electron chi connectivity index (χ2n) is 5.39. The van der Waals surface area contributed by atoms with Crippen LogP contribution in [0.2, 0.25) is 0 Å². The van der Waals surface area contributed by atoms with E-state index in [2.05, 4.69) is 0 Å². The van der Waals surface area contributed by atoms with Crippen LogP contribution in [0.15, 0.2) is 29.2 Å². The zero-order valence-electron chi connectivity index (χ0n) is 12.5. The fourth-order valence-electron chi connectivity index (χ4n) is 1.91. The second kappa shape index (κ2) is 7.17. The Morgan fingerprint density at radius 1 is 1.24 bits per heavy atom. The zero-order chi connectivity index (χ0) is 16.2. The Hall–Kier alpha value is -1.21. The van der Waals surface area contributed by atoms with Crippen LogP contribution in [0, 0.1) is 5.92 Å². The maximum atomic E-state index is 12.7. The van der Waals surface area contributed by atoms with Gasteiger partial charge in [0.1, 0.15) is 0 Å². The van der Waals surface area contributed by atoms with Gasteiger partial charge in [-0.15, -0.1) is 0 Å². The van der Waals surface area contributed by atoms with E-state index in [9.17, 15) is 17.2 Å². The Morgan fingerprint density at radius 3 is 2.33 bits per heavy atom. The van der Waals surface area contributed by atoms with Crippen molar-refractivity contribution >= 4 is 15.5 Å². The van der Waals surface area contributed by atoms with E-state index in [0.717, 1.165) is 0 Å². The van der Waals surface area contributed by atoms with E-state index >= 15 is 0 Å². The summed E-state index contributed by atoms with van der Waals surface area (Å²) in [7, 11) is -2.94. The molecular weight excluding hydrogens is 298 g/mol. The minimum absolute atomic E-state index is 0.0219. The summed E-state index contributed by atoms with van der Waals surface area (Å²) in [6.45, 7) is 4.49. The molecule has 120 valence electrons. The van der Waals surface area contributed by atoms with Crippen LogP contribution in [0.5, 0.6) is 0 Å². The summed E-state index contributed by atoms with van der Waals surface area (Å²) in [6.07, 6.45) is 0.650. The lowest BCUT2D eigenvalue weighted by molar-refractivity contribution is 0.235. The van der Waals surface area contributed by atoms with Crippen molar-refractivity contribution in [3.8, 4) is 0 Å². The van der Waals surface area contributed by atoms with Gasteiger partial charge in [-0.2, -0.15) is 8.78 Å². The Kier molecular flexibility index (Phi) is 6.10. The number of hydrogen-bond acceptors (Lipinski definition) is 4. The number of sulfone groups is 1. The predicted molar refractivity (Wildman–Crippen MR) is 80.3 cm³/mol. The monoisotopic (exact) mass is 320 g/mol. The molecule has 4 nitrogen and oxygen atoms in total.